The molecule has 6 heteroatoms. The van der Waals surface area contributed by atoms with Crippen molar-refractivity contribution in [1.82, 2.24) is 10.2 Å². The second-order valence-electron chi connectivity index (χ2n) is 5.71. The number of piperazine rings is 1. The Labute approximate surface area is 121 Å². The summed E-state index contributed by atoms with van der Waals surface area (Å²) in [6, 6.07) is 1.93. The Kier molecular flexibility index (Phi) is 3.39. The number of hydrogen-bond acceptors (Lipinski definition) is 2. The Hall–Kier alpha value is -1.98. The molecule has 1 heterocycles. The van der Waals surface area contributed by atoms with Gasteiger partial charge in [0.25, 0.3) is 0 Å². The molecule has 112 valence electrons. The first-order valence-corrected chi connectivity index (χ1v) is 7.02. The van der Waals surface area contributed by atoms with Crippen LogP contribution in [0.2, 0.25) is 0 Å². The van der Waals surface area contributed by atoms with Crippen LogP contribution in [0.15, 0.2) is 18.2 Å². The van der Waals surface area contributed by atoms with Crippen LogP contribution in [-0.2, 0) is 16.1 Å². The lowest BCUT2D eigenvalue weighted by atomic mass is 10.0. The number of benzene rings is 1. The molecule has 1 aromatic rings. The Morgan fingerprint density at radius 2 is 2.00 bits per heavy atom. The highest BCUT2D eigenvalue weighted by Crippen LogP contribution is 2.37. The molecule has 1 aromatic carbocycles. The molecule has 4 nitrogen and oxygen atoms in total. The monoisotopic (exact) mass is 294 g/mol. The van der Waals surface area contributed by atoms with Crippen LogP contribution in [0, 0.1) is 17.6 Å². The van der Waals surface area contributed by atoms with Crippen molar-refractivity contribution in [1.29, 1.82) is 0 Å². The summed E-state index contributed by atoms with van der Waals surface area (Å²) in [5.74, 6) is -1.47. The number of nitrogens with zero attached hydrogens (tertiary/aromatic N) is 1. The minimum atomic E-state index is -0.635. The lowest BCUT2D eigenvalue weighted by Gasteiger charge is -2.38. The zero-order valence-electron chi connectivity index (χ0n) is 11.6. The van der Waals surface area contributed by atoms with Gasteiger partial charge in [-0.2, -0.15) is 0 Å². The summed E-state index contributed by atoms with van der Waals surface area (Å²) in [7, 11) is 0. The quantitative estimate of drug-likeness (QED) is 0.920. The van der Waals surface area contributed by atoms with Crippen LogP contribution in [0.5, 0.6) is 0 Å². The van der Waals surface area contributed by atoms with Gasteiger partial charge >= 0.3 is 0 Å². The summed E-state index contributed by atoms with van der Waals surface area (Å²) in [6.45, 7) is 1.51. The molecule has 1 aliphatic heterocycles. The molecule has 21 heavy (non-hydrogen) atoms. The largest absolute Gasteiger partial charge is 0.343 e. The summed E-state index contributed by atoms with van der Waals surface area (Å²) in [6.07, 6.45) is 1.75. The third-order valence-corrected chi connectivity index (χ3v) is 4.03. The van der Waals surface area contributed by atoms with Gasteiger partial charge in [0.2, 0.25) is 11.8 Å². The fourth-order valence-electron chi connectivity index (χ4n) is 2.79. The van der Waals surface area contributed by atoms with E-state index in [4.69, 9.17) is 0 Å². The van der Waals surface area contributed by atoms with Gasteiger partial charge in [-0.05, 0) is 43.9 Å². The van der Waals surface area contributed by atoms with Gasteiger partial charge in [0.15, 0.2) is 0 Å². The summed E-state index contributed by atoms with van der Waals surface area (Å²) in [4.78, 5) is 25.8. The Morgan fingerprint density at radius 3 is 2.67 bits per heavy atom. The Bertz CT molecular complexity index is 601. The second-order valence-corrected chi connectivity index (χ2v) is 5.71. The fourth-order valence-corrected chi connectivity index (χ4v) is 2.79. The number of nitrogens with one attached hydrogen (secondary N) is 1. The molecule has 1 saturated heterocycles. The molecule has 2 atom stereocenters. The van der Waals surface area contributed by atoms with Crippen LogP contribution in [-0.4, -0.2) is 28.8 Å². The highest BCUT2D eigenvalue weighted by molar-refractivity contribution is 5.97. The first-order valence-electron chi connectivity index (χ1n) is 7.02. The zero-order valence-corrected chi connectivity index (χ0v) is 11.6. The van der Waals surface area contributed by atoms with E-state index in [1.54, 1.807) is 6.92 Å². The molecule has 3 rings (SSSR count). The van der Waals surface area contributed by atoms with Crippen molar-refractivity contribution in [3.05, 3.63) is 35.4 Å². The Morgan fingerprint density at radius 1 is 1.29 bits per heavy atom. The van der Waals surface area contributed by atoms with E-state index in [1.165, 1.54) is 4.90 Å². The molecule has 2 fully saturated rings. The van der Waals surface area contributed by atoms with Gasteiger partial charge in [0.05, 0.1) is 0 Å². The first-order chi connectivity index (χ1) is 9.97. The van der Waals surface area contributed by atoms with Crippen molar-refractivity contribution in [2.24, 2.45) is 5.92 Å². The maximum Gasteiger partial charge on any atom is 0.245 e. The van der Waals surface area contributed by atoms with E-state index in [-0.39, 0.29) is 29.8 Å². The topological polar surface area (TPSA) is 49.4 Å². The van der Waals surface area contributed by atoms with Crippen LogP contribution < -0.4 is 5.32 Å². The van der Waals surface area contributed by atoms with E-state index < -0.39 is 23.7 Å². The third kappa shape index (κ3) is 2.62. The van der Waals surface area contributed by atoms with Gasteiger partial charge in [-0.1, -0.05) is 0 Å². The molecule has 0 spiro atoms. The summed E-state index contributed by atoms with van der Waals surface area (Å²) < 4.78 is 27.1. The second kappa shape index (κ2) is 5.09. The number of rotatable bonds is 3. The molecule has 1 saturated carbocycles. The van der Waals surface area contributed by atoms with Crippen molar-refractivity contribution in [3.8, 4) is 0 Å². The van der Waals surface area contributed by atoms with Gasteiger partial charge in [-0.25, -0.2) is 8.78 Å². The standard InChI is InChI=1S/C15H16F2N2O2/c1-8-15(21)19(13(9-2-3-9)14(20)18-8)7-10-6-11(16)4-5-12(10)17/h4-6,8-9,13H,2-3,7H2,1H3,(H,18,20). The van der Waals surface area contributed by atoms with Gasteiger partial charge in [0, 0.05) is 12.1 Å². The highest BCUT2D eigenvalue weighted by atomic mass is 19.1. The average molecular weight is 294 g/mol. The average Bonchev–Trinajstić information content (AvgIpc) is 3.24. The number of carbonyl (C=O) groups is 2. The van der Waals surface area contributed by atoms with Gasteiger partial charge in [0.1, 0.15) is 23.7 Å². The van der Waals surface area contributed by atoms with Crippen molar-refractivity contribution in [2.45, 2.75) is 38.4 Å². The molecule has 2 amide bonds. The van der Waals surface area contributed by atoms with E-state index in [0.717, 1.165) is 31.0 Å². The van der Waals surface area contributed by atoms with Crippen LogP contribution >= 0.6 is 0 Å². The molecule has 1 N–H and O–H groups in total. The van der Waals surface area contributed by atoms with E-state index in [1.807, 2.05) is 0 Å². The summed E-state index contributed by atoms with van der Waals surface area (Å²) >= 11 is 0. The van der Waals surface area contributed by atoms with Crippen LogP contribution in [0.4, 0.5) is 8.78 Å². The summed E-state index contributed by atoms with van der Waals surface area (Å²) in [5.41, 5.74) is 0.0934. The minimum absolute atomic E-state index is 0.0820. The molecule has 0 aromatic heterocycles. The molecule has 0 bridgehead atoms. The lowest BCUT2D eigenvalue weighted by Crippen LogP contribution is -2.62. The van der Waals surface area contributed by atoms with E-state index >= 15 is 0 Å². The SMILES string of the molecule is CC1NC(=O)C(C2CC2)N(Cc2cc(F)ccc2F)C1=O. The number of halogens is 2. The molecule has 0 radical (unpaired) electrons. The van der Waals surface area contributed by atoms with Crippen LogP contribution in [0.25, 0.3) is 0 Å². The number of hydrogen-bond donors (Lipinski definition) is 1. The van der Waals surface area contributed by atoms with E-state index in [0.29, 0.717) is 0 Å². The third-order valence-electron chi connectivity index (χ3n) is 4.03. The van der Waals surface area contributed by atoms with Crippen LogP contribution in [0.1, 0.15) is 25.3 Å². The van der Waals surface area contributed by atoms with E-state index in [2.05, 4.69) is 5.32 Å². The normalized spacial score (nSPS) is 26.0. The predicted molar refractivity (Wildman–Crippen MR) is 71.0 cm³/mol. The molecule has 2 aliphatic rings. The molecule has 1 aliphatic carbocycles. The number of amides is 2. The summed E-state index contributed by atoms with van der Waals surface area (Å²) in [5, 5.41) is 2.64. The number of carbonyl (C=O) groups excluding carboxylic acids is 2. The Balaban J connectivity index is 1.90. The lowest BCUT2D eigenvalue weighted by molar-refractivity contribution is -0.150. The van der Waals surface area contributed by atoms with E-state index in [9.17, 15) is 18.4 Å². The van der Waals surface area contributed by atoms with Gasteiger partial charge in [-0.15, -0.1) is 0 Å². The fraction of sp³-hybridized carbons (Fsp3) is 0.467. The minimum Gasteiger partial charge on any atom is -0.343 e. The van der Waals surface area contributed by atoms with Gasteiger partial charge in [-0.3, -0.25) is 9.59 Å². The molecular weight excluding hydrogens is 278 g/mol. The van der Waals surface area contributed by atoms with Crippen molar-refractivity contribution in [2.75, 3.05) is 0 Å². The molecule has 2 unspecified atom stereocenters. The van der Waals surface area contributed by atoms with Crippen molar-refractivity contribution < 1.29 is 18.4 Å². The zero-order chi connectivity index (χ0) is 15.1. The molecular formula is C15H16F2N2O2. The van der Waals surface area contributed by atoms with Crippen molar-refractivity contribution >= 4 is 11.8 Å². The van der Waals surface area contributed by atoms with Gasteiger partial charge < -0.3 is 10.2 Å². The van der Waals surface area contributed by atoms with Crippen LogP contribution in [0.3, 0.4) is 0 Å². The maximum absolute atomic E-state index is 13.8. The van der Waals surface area contributed by atoms with Crippen molar-refractivity contribution in [3.63, 3.8) is 0 Å². The first kappa shape index (κ1) is 14.0. The highest BCUT2D eigenvalue weighted by Gasteiger charge is 2.46. The smallest absolute Gasteiger partial charge is 0.245 e. The predicted octanol–water partition coefficient (Wildman–Crippen LogP) is 1.59. The maximum atomic E-state index is 13.8.